The zero-order chi connectivity index (χ0) is 22.1. The molecule has 0 fully saturated rings. The molecule has 0 spiro atoms. The molecule has 2 aromatic rings. The van der Waals surface area contributed by atoms with Crippen molar-refractivity contribution >= 4 is 17.7 Å². The lowest BCUT2D eigenvalue weighted by Crippen LogP contribution is -2.25. The van der Waals surface area contributed by atoms with Crippen molar-refractivity contribution in [3.8, 4) is 0 Å². The highest BCUT2D eigenvalue weighted by molar-refractivity contribution is 6.14. The number of hydrogen-bond donors (Lipinski definition) is 0. The van der Waals surface area contributed by atoms with E-state index in [9.17, 15) is 9.59 Å². The third-order valence-electron chi connectivity index (χ3n) is 4.03. The lowest BCUT2D eigenvalue weighted by molar-refractivity contribution is -0.149. The Balaban J connectivity index is 2.62. The molecule has 30 heavy (non-hydrogen) atoms. The molecule has 0 saturated heterocycles. The molecule has 5 nitrogen and oxygen atoms in total. The maximum atomic E-state index is 13.0. The molecular weight excluding hydrogens is 378 g/mol. The minimum atomic E-state index is -0.693. The fourth-order valence-corrected chi connectivity index (χ4v) is 2.75. The van der Waals surface area contributed by atoms with Gasteiger partial charge in [-0.05, 0) is 40.2 Å². The summed E-state index contributed by atoms with van der Waals surface area (Å²) in [5.41, 5.74) is 2.25. The Morgan fingerprint density at radius 1 is 0.900 bits per heavy atom. The normalized spacial score (nSPS) is 11.9. The van der Waals surface area contributed by atoms with Gasteiger partial charge in [-0.15, -0.1) is 0 Å². The maximum Gasteiger partial charge on any atom is 0.357 e. The van der Waals surface area contributed by atoms with Gasteiger partial charge in [-0.2, -0.15) is 0 Å². The highest BCUT2D eigenvalue weighted by Crippen LogP contribution is 2.21. The lowest BCUT2D eigenvalue weighted by atomic mass is 10.0. The molecule has 0 aliphatic heterocycles. The van der Waals surface area contributed by atoms with Crippen molar-refractivity contribution in [2.75, 3.05) is 6.61 Å². The summed E-state index contributed by atoms with van der Waals surface area (Å²) >= 11 is 0. The van der Waals surface area contributed by atoms with Crippen LogP contribution < -0.4 is 0 Å². The Bertz CT molecular complexity index is 881. The van der Waals surface area contributed by atoms with Crippen LogP contribution in [-0.4, -0.2) is 29.9 Å². The Labute approximate surface area is 178 Å². The number of rotatable bonds is 7. The highest BCUT2D eigenvalue weighted by Gasteiger charge is 2.23. The summed E-state index contributed by atoms with van der Waals surface area (Å²) in [5.74, 6) is -0.985. The van der Waals surface area contributed by atoms with Crippen LogP contribution in [0.15, 0.2) is 76.9 Å². The molecular formula is C25H29NO4. The van der Waals surface area contributed by atoms with Crippen LogP contribution in [0.5, 0.6) is 0 Å². The summed E-state index contributed by atoms with van der Waals surface area (Å²) < 4.78 is 10.6. The van der Waals surface area contributed by atoms with Crippen LogP contribution in [0, 0.1) is 0 Å². The van der Waals surface area contributed by atoms with E-state index >= 15 is 0 Å². The molecule has 0 aliphatic rings. The molecule has 0 amide bonds. The fourth-order valence-electron chi connectivity index (χ4n) is 2.75. The summed E-state index contributed by atoms with van der Waals surface area (Å²) in [6.45, 7) is 9.10. The van der Waals surface area contributed by atoms with Gasteiger partial charge in [-0.1, -0.05) is 60.7 Å². The first kappa shape index (κ1) is 23.1. The fraction of sp³-hybridized carbons (Fsp3) is 0.320. The number of ether oxygens (including phenoxy) is 2. The topological polar surface area (TPSA) is 65.0 Å². The van der Waals surface area contributed by atoms with E-state index < -0.39 is 17.5 Å². The number of carbonyl (C=O) groups excluding carboxylic acids is 2. The summed E-state index contributed by atoms with van der Waals surface area (Å²) in [5, 5.41) is 0. The van der Waals surface area contributed by atoms with Crippen LogP contribution in [0.4, 0.5) is 0 Å². The SMILES string of the molecule is CCOC(=O)C/C(C)=C(/N=C(c1ccccc1)c1ccccc1)C(=O)OC(C)(C)C. The van der Waals surface area contributed by atoms with Crippen LogP contribution >= 0.6 is 0 Å². The van der Waals surface area contributed by atoms with Gasteiger partial charge in [0.15, 0.2) is 0 Å². The smallest absolute Gasteiger partial charge is 0.357 e. The van der Waals surface area contributed by atoms with E-state index in [0.717, 1.165) is 11.1 Å². The largest absolute Gasteiger partial charge is 0.466 e. The molecule has 0 atom stereocenters. The number of carbonyl (C=O) groups is 2. The molecule has 0 aromatic heterocycles. The second kappa shape index (κ2) is 10.5. The predicted octanol–water partition coefficient (Wildman–Crippen LogP) is 5.09. The molecule has 5 heteroatoms. The van der Waals surface area contributed by atoms with Gasteiger partial charge in [-0.3, -0.25) is 4.79 Å². The van der Waals surface area contributed by atoms with Gasteiger partial charge < -0.3 is 9.47 Å². The van der Waals surface area contributed by atoms with E-state index in [1.807, 2.05) is 60.7 Å². The van der Waals surface area contributed by atoms with E-state index in [1.54, 1.807) is 34.6 Å². The molecule has 0 radical (unpaired) electrons. The van der Waals surface area contributed by atoms with Crippen molar-refractivity contribution in [1.82, 2.24) is 0 Å². The van der Waals surface area contributed by atoms with Crippen molar-refractivity contribution in [3.05, 3.63) is 83.1 Å². The minimum absolute atomic E-state index is 0.0389. The zero-order valence-corrected chi connectivity index (χ0v) is 18.3. The number of benzene rings is 2. The number of esters is 2. The van der Waals surface area contributed by atoms with E-state index in [0.29, 0.717) is 11.3 Å². The van der Waals surface area contributed by atoms with Crippen molar-refractivity contribution in [2.24, 2.45) is 4.99 Å². The molecule has 2 aromatic carbocycles. The van der Waals surface area contributed by atoms with Crippen molar-refractivity contribution in [2.45, 2.75) is 46.6 Å². The van der Waals surface area contributed by atoms with Gasteiger partial charge in [0.25, 0.3) is 0 Å². The highest BCUT2D eigenvalue weighted by atomic mass is 16.6. The van der Waals surface area contributed by atoms with E-state index in [4.69, 9.17) is 14.5 Å². The number of nitrogens with zero attached hydrogens (tertiary/aromatic N) is 1. The first-order chi connectivity index (χ1) is 14.2. The average Bonchev–Trinajstić information content (AvgIpc) is 2.68. The lowest BCUT2D eigenvalue weighted by Gasteiger charge is -2.21. The maximum absolute atomic E-state index is 13.0. The van der Waals surface area contributed by atoms with Crippen molar-refractivity contribution in [1.29, 1.82) is 0 Å². The van der Waals surface area contributed by atoms with Gasteiger partial charge in [0, 0.05) is 11.1 Å². The van der Waals surface area contributed by atoms with Crippen molar-refractivity contribution < 1.29 is 19.1 Å². The second-order valence-corrected chi connectivity index (χ2v) is 7.81. The quantitative estimate of drug-likeness (QED) is 0.364. The minimum Gasteiger partial charge on any atom is -0.466 e. The summed E-state index contributed by atoms with van der Waals surface area (Å²) in [6, 6.07) is 19.2. The molecule has 0 saturated carbocycles. The molecule has 2 rings (SSSR count). The Morgan fingerprint density at radius 3 is 1.83 bits per heavy atom. The summed E-state index contributed by atoms with van der Waals surface area (Å²) in [7, 11) is 0. The van der Waals surface area contributed by atoms with E-state index in [1.165, 1.54) is 0 Å². The standard InChI is InChI=1S/C25H29NO4/c1-6-29-21(27)17-18(2)22(24(28)30-25(3,4)5)26-23(19-13-9-7-10-14-19)20-15-11-8-12-16-20/h7-16H,6,17H2,1-5H3/b22-18+. The van der Waals surface area contributed by atoms with Gasteiger partial charge in [0.2, 0.25) is 0 Å². The van der Waals surface area contributed by atoms with Crippen LogP contribution in [0.1, 0.15) is 52.2 Å². The molecule has 0 aliphatic carbocycles. The van der Waals surface area contributed by atoms with Crippen LogP contribution in [0.3, 0.4) is 0 Å². The summed E-state index contributed by atoms with van der Waals surface area (Å²) in [6.07, 6.45) is -0.0389. The molecule has 0 unspecified atom stereocenters. The van der Waals surface area contributed by atoms with Gasteiger partial charge in [0.05, 0.1) is 18.7 Å². The first-order valence-electron chi connectivity index (χ1n) is 9.99. The molecule has 158 valence electrons. The third-order valence-corrected chi connectivity index (χ3v) is 4.03. The second-order valence-electron chi connectivity index (χ2n) is 7.81. The van der Waals surface area contributed by atoms with Gasteiger partial charge in [-0.25, -0.2) is 9.79 Å². The third kappa shape index (κ3) is 6.99. The van der Waals surface area contributed by atoms with Crippen LogP contribution in [-0.2, 0) is 19.1 Å². The van der Waals surface area contributed by atoms with Crippen molar-refractivity contribution in [3.63, 3.8) is 0 Å². The van der Waals surface area contributed by atoms with Crippen LogP contribution in [0.2, 0.25) is 0 Å². The van der Waals surface area contributed by atoms with Gasteiger partial charge >= 0.3 is 11.9 Å². The Hall–Kier alpha value is -3.21. The predicted molar refractivity (Wildman–Crippen MR) is 118 cm³/mol. The molecule has 0 N–H and O–H groups in total. The monoisotopic (exact) mass is 407 g/mol. The average molecular weight is 408 g/mol. The van der Waals surface area contributed by atoms with E-state index in [-0.39, 0.29) is 18.7 Å². The number of hydrogen-bond acceptors (Lipinski definition) is 5. The van der Waals surface area contributed by atoms with Crippen LogP contribution in [0.25, 0.3) is 0 Å². The first-order valence-corrected chi connectivity index (χ1v) is 9.99. The number of aliphatic imine (C=N–C) groups is 1. The van der Waals surface area contributed by atoms with Gasteiger partial charge in [0.1, 0.15) is 11.3 Å². The Kier molecular flexibility index (Phi) is 8.10. The molecule has 0 bridgehead atoms. The molecule has 0 heterocycles. The summed E-state index contributed by atoms with van der Waals surface area (Å²) in [4.78, 5) is 29.8. The van der Waals surface area contributed by atoms with E-state index in [2.05, 4.69) is 0 Å². The Morgan fingerprint density at radius 2 is 1.40 bits per heavy atom. The zero-order valence-electron chi connectivity index (χ0n) is 18.3.